The Balaban J connectivity index is 2.11. The van der Waals surface area contributed by atoms with Crippen LogP contribution in [-0.2, 0) is 17.9 Å². The van der Waals surface area contributed by atoms with Crippen molar-refractivity contribution in [2.75, 3.05) is 7.05 Å². The molecule has 120 valence electrons. The molecular formula is C14H19BrClN5O. The van der Waals surface area contributed by atoms with Crippen LogP contribution in [0.1, 0.15) is 32.0 Å². The summed E-state index contributed by atoms with van der Waals surface area (Å²) in [6.45, 7) is 5.21. The zero-order valence-electron chi connectivity index (χ0n) is 12.8. The fourth-order valence-electron chi connectivity index (χ4n) is 2.22. The van der Waals surface area contributed by atoms with Crippen molar-refractivity contribution < 1.29 is 4.79 Å². The van der Waals surface area contributed by atoms with Crippen molar-refractivity contribution in [2.45, 2.75) is 39.4 Å². The Kier molecular flexibility index (Phi) is 5.63. The molecule has 0 N–H and O–H groups in total. The van der Waals surface area contributed by atoms with Crippen molar-refractivity contribution in [3.05, 3.63) is 33.8 Å². The van der Waals surface area contributed by atoms with Crippen LogP contribution in [0.2, 0.25) is 5.02 Å². The summed E-state index contributed by atoms with van der Waals surface area (Å²) in [7, 11) is 1.77. The lowest BCUT2D eigenvalue weighted by molar-refractivity contribution is -0.134. The lowest BCUT2D eigenvalue weighted by atomic mass is 10.2. The molecule has 2 rings (SSSR count). The molecule has 0 bridgehead atoms. The molecule has 0 radical (unpaired) electrons. The summed E-state index contributed by atoms with van der Waals surface area (Å²) in [5, 5.41) is 9.11. The van der Waals surface area contributed by atoms with Gasteiger partial charge in [0.25, 0.3) is 0 Å². The van der Waals surface area contributed by atoms with E-state index < -0.39 is 0 Å². The Hall–Kier alpha value is -1.34. The molecule has 0 spiro atoms. The number of carbonyl (C=O) groups excluding carboxylic acids is 1. The van der Waals surface area contributed by atoms with Crippen molar-refractivity contribution in [1.82, 2.24) is 24.5 Å². The van der Waals surface area contributed by atoms with Gasteiger partial charge < -0.3 is 4.90 Å². The molecule has 0 aromatic carbocycles. The van der Waals surface area contributed by atoms with E-state index in [2.05, 4.69) is 26.1 Å². The van der Waals surface area contributed by atoms with Crippen LogP contribution in [0.4, 0.5) is 0 Å². The molecule has 6 nitrogen and oxygen atoms in total. The van der Waals surface area contributed by atoms with Crippen LogP contribution in [-0.4, -0.2) is 37.4 Å². The smallest absolute Gasteiger partial charge is 0.247 e. The normalized spacial score (nSPS) is 12.4. The van der Waals surface area contributed by atoms with Gasteiger partial charge in [0.2, 0.25) is 5.91 Å². The zero-order valence-corrected chi connectivity index (χ0v) is 15.2. The first-order valence-corrected chi connectivity index (χ1v) is 8.29. The largest absolute Gasteiger partial charge is 0.338 e. The number of aromatic nitrogens is 4. The second-order valence-corrected chi connectivity index (χ2v) is 6.33. The molecule has 0 saturated heterocycles. The van der Waals surface area contributed by atoms with Crippen LogP contribution in [0, 0.1) is 0 Å². The topological polar surface area (TPSA) is 56.0 Å². The van der Waals surface area contributed by atoms with E-state index >= 15 is 0 Å². The van der Waals surface area contributed by atoms with E-state index in [4.69, 9.17) is 11.6 Å². The Morgan fingerprint density at radius 1 is 1.45 bits per heavy atom. The molecule has 0 saturated carbocycles. The molecule has 2 heterocycles. The van der Waals surface area contributed by atoms with Crippen molar-refractivity contribution in [3.63, 3.8) is 0 Å². The molecule has 0 aliphatic carbocycles. The predicted octanol–water partition coefficient (Wildman–Crippen LogP) is 3.13. The van der Waals surface area contributed by atoms with Crippen LogP contribution < -0.4 is 0 Å². The van der Waals surface area contributed by atoms with Gasteiger partial charge >= 0.3 is 0 Å². The second-order valence-electron chi connectivity index (χ2n) is 5.04. The maximum atomic E-state index is 12.6. The summed E-state index contributed by atoms with van der Waals surface area (Å²) in [5.74, 6) is -0.0137. The van der Waals surface area contributed by atoms with E-state index in [1.54, 1.807) is 22.8 Å². The number of rotatable bonds is 6. The molecule has 8 heteroatoms. The lowest BCUT2D eigenvalue weighted by Gasteiger charge is -2.22. The highest BCUT2D eigenvalue weighted by molar-refractivity contribution is 9.10. The van der Waals surface area contributed by atoms with Gasteiger partial charge in [-0.15, -0.1) is 0 Å². The number of likely N-dealkylation sites (N-methyl/N-ethyl adjacent to an activating group) is 1. The lowest BCUT2D eigenvalue weighted by Crippen LogP contribution is -2.34. The standard InChI is InChI=1S/C14H19BrClN5O/c1-4-13(21-7-10(16)6-17-21)14(22)19(3)9-12-11(15)8-20(5-2)18-12/h6-8,13H,4-5,9H2,1-3H3. The molecule has 1 amide bonds. The van der Waals surface area contributed by atoms with Gasteiger partial charge in [-0.2, -0.15) is 10.2 Å². The maximum Gasteiger partial charge on any atom is 0.247 e. The van der Waals surface area contributed by atoms with E-state index in [-0.39, 0.29) is 11.9 Å². The Bertz CT molecular complexity index is 653. The Morgan fingerprint density at radius 3 is 2.68 bits per heavy atom. The second kappa shape index (κ2) is 7.28. The summed E-state index contributed by atoms with van der Waals surface area (Å²) in [6, 6.07) is -0.357. The first kappa shape index (κ1) is 17.0. The van der Waals surface area contributed by atoms with Gasteiger partial charge in [0, 0.05) is 26.0 Å². The van der Waals surface area contributed by atoms with Gasteiger partial charge in [0.15, 0.2) is 0 Å². The third-order valence-corrected chi connectivity index (χ3v) is 4.29. The van der Waals surface area contributed by atoms with E-state index in [1.807, 2.05) is 24.7 Å². The summed E-state index contributed by atoms with van der Waals surface area (Å²) >= 11 is 9.37. The average molecular weight is 389 g/mol. The molecule has 0 fully saturated rings. The molecule has 0 aliphatic rings. The number of nitrogens with zero attached hydrogens (tertiary/aromatic N) is 5. The minimum atomic E-state index is -0.357. The van der Waals surface area contributed by atoms with E-state index in [9.17, 15) is 4.79 Å². The fourth-order valence-corrected chi connectivity index (χ4v) is 2.81. The van der Waals surface area contributed by atoms with Crippen molar-refractivity contribution in [2.24, 2.45) is 0 Å². The molecular weight excluding hydrogens is 370 g/mol. The first-order chi connectivity index (χ1) is 10.5. The van der Waals surface area contributed by atoms with E-state index in [0.29, 0.717) is 18.0 Å². The summed E-state index contributed by atoms with van der Waals surface area (Å²) < 4.78 is 4.35. The minimum absolute atomic E-state index is 0.0137. The third-order valence-electron chi connectivity index (χ3n) is 3.44. The number of hydrogen-bond donors (Lipinski definition) is 0. The molecule has 22 heavy (non-hydrogen) atoms. The highest BCUT2D eigenvalue weighted by Crippen LogP contribution is 2.20. The van der Waals surface area contributed by atoms with Crippen LogP contribution in [0.3, 0.4) is 0 Å². The highest BCUT2D eigenvalue weighted by atomic mass is 79.9. The highest BCUT2D eigenvalue weighted by Gasteiger charge is 2.24. The summed E-state index contributed by atoms with van der Waals surface area (Å²) in [4.78, 5) is 14.3. The monoisotopic (exact) mass is 387 g/mol. The van der Waals surface area contributed by atoms with Gasteiger partial charge in [-0.3, -0.25) is 14.2 Å². The Labute approximate surface area is 143 Å². The minimum Gasteiger partial charge on any atom is -0.338 e. The summed E-state index contributed by atoms with van der Waals surface area (Å²) in [6.07, 6.45) is 5.77. The average Bonchev–Trinajstić information content (AvgIpc) is 3.06. The first-order valence-electron chi connectivity index (χ1n) is 7.12. The third kappa shape index (κ3) is 3.70. The molecule has 0 aliphatic heterocycles. The van der Waals surface area contributed by atoms with Gasteiger partial charge in [0.05, 0.1) is 27.9 Å². The van der Waals surface area contributed by atoms with Gasteiger partial charge in [-0.25, -0.2) is 0 Å². The predicted molar refractivity (Wildman–Crippen MR) is 88.6 cm³/mol. The quantitative estimate of drug-likeness (QED) is 0.764. The Morgan fingerprint density at radius 2 is 2.18 bits per heavy atom. The number of aryl methyl sites for hydroxylation is 1. The van der Waals surface area contributed by atoms with Crippen molar-refractivity contribution in [3.8, 4) is 0 Å². The molecule has 1 unspecified atom stereocenters. The fraction of sp³-hybridized carbons (Fsp3) is 0.500. The van der Waals surface area contributed by atoms with E-state index in [0.717, 1.165) is 16.7 Å². The molecule has 2 aromatic heterocycles. The van der Waals surface area contributed by atoms with Gasteiger partial charge in [0.1, 0.15) is 6.04 Å². The molecule has 2 aromatic rings. The van der Waals surface area contributed by atoms with Crippen molar-refractivity contribution >= 4 is 33.4 Å². The van der Waals surface area contributed by atoms with Crippen LogP contribution in [0.25, 0.3) is 0 Å². The van der Waals surface area contributed by atoms with Gasteiger partial charge in [-0.1, -0.05) is 18.5 Å². The summed E-state index contributed by atoms with van der Waals surface area (Å²) in [5.41, 5.74) is 0.839. The van der Waals surface area contributed by atoms with Crippen LogP contribution in [0.5, 0.6) is 0 Å². The van der Waals surface area contributed by atoms with Crippen LogP contribution >= 0.6 is 27.5 Å². The number of carbonyl (C=O) groups is 1. The van der Waals surface area contributed by atoms with Crippen LogP contribution in [0.15, 0.2) is 23.1 Å². The number of halogens is 2. The number of amides is 1. The SMILES string of the molecule is CCC(C(=O)N(C)Cc1nn(CC)cc1Br)n1cc(Cl)cn1. The number of hydrogen-bond acceptors (Lipinski definition) is 3. The molecule has 1 atom stereocenters. The van der Waals surface area contributed by atoms with Crippen molar-refractivity contribution in [1.29, 1.82) is 0 Å². The maximum absolute atomic E-state index is 12.6. The zero-order chi connectivity index (χ0) is 16.3. The van der Waals surface area contributed by atoms with E-state index in [1.165, 1.54) is 6.20 Å². The van der Waals surface area contributed by atoms with Gasteiger partial charge in [-0.05, 0) is 29.3 Å².